The molecule has 19 heavy (non-hydrogen) atoms. The topological polar surface area (TPSA) is 51.0 Å². The van der Waals surface area contributed by atoms with Crippen molar-refractivity contribution in [1.82, 2.24) is 15.5 Å². The highest BCUT2D eigenvalue weighted by Crippen LogP contribution is 2.28. The van der Waals surface area contributed by atoms with Crippen LogP contribution in [0, 0.1) is 6.92 Å². The molecule has 0 aliphatic rings. The van der Waals surface area contributed by atoms with Gasteiger partial charge in [0.15, 0.2) is 5.82 Å². The third-order valence-electron chi connectivity index (χ3n) is 2.82. The van der Waals surface area contributed by atoms with E-state index in [2.05, 4.69) is 22.4 Å². The van der Waals surface area contributed by atoms with Crippen LogP contribution in [0.25, 0.3) is 0 Å². The van der Waals surface area contributed by atoms with Crippen LogP contribution in [-0.4, -0.2) is 10.1 Å². The molecule has 0 bridgehead atoms. The van der Waals surface area contributed by atoms with E-state index >= 15 is 0 Å². The normalized spacial score (nSPS) is 12.6. The maximum atomic E-state index is 6.21. The van der Waals surface area contributed by atoms with E-state index in [4.69, 9.17) is 27.7 Å². The van der Waals surface area contributed by atoms with Gasteiger partial charge in [0, 0.05) is 16.1 Å². The molecular weight excluding hydrogens is 285 g/mol. The summed E-state index contributed by atoms with van der Waals surface area (Å²) in [6.45, 7) is 4.39. The third-order valence-corrected chi connectivity index (χ3v) is 3.38. The molecule has 4 nitrogen and oxygen atoms in total. The minimum Gasteiger partial charge on any atom is -0.338 e. The summed E-state index contributed by atoms with van der Waals surface area (Å²) in [4.78, 5) is 4.15. The molecule has 0 spiro atoms. The summed E-state index contributed by atoms with van der Waals surface area (Å²) in [5.74, 6) is 1.20. The Morgan fingerprint density at radius 1 is 1.37 bits per heavy atom. The highest BCUT2D eigenvalue weighted by molar-refractivity contribution is 6.35. The van der Waals surface area contributed by atoms with E-state index < -0.39 is 0 Å². The van der Waals surface area contributed by atoms with Gasteiger partial charge in [0.25, 0.3) is 0 Å². The second-order valence-corrected chi connectivity index (χ2v) is 5.09. The first-order chi connectivity index (χ1) is 9.10. The monoisotopic (exact) mass is 299 g/mol. The van der Waals surface area contributed by atoms with Crippen molar-refractivity contribution in [2.24, 2.45) is 0 Å². The average Bonchev–Trinajstić information content (AvgIpc) is 2.78. The number of hydrogen-bond acceptors (Lipinski definition) is 4. The van der Waals surface area contributed by atoms with Crippen molar-refractivity contribution in [1.29, 1.82) is 0 Å². The van der Waals surface area contributed by atoms with E-state index in [-0.39, 0.29) is 6.04 Å². The van der Waals surface area contributed by atoms with Crippen molar-refractivity contribution < 1.29 is 4.52 Å². The molecule has 0 amide bonds. The van der Waals surface area contributed by atoms with Crippen molar-refractivity contribution >= 4 is 23.2 Å². The standard InChI is InChI=1S/C13H15Cl2N3O/c1-3-12(10-5-4-9(14)6-11(10)15)16-7-13-17-8(2)18-19-13/h4-6,12,16H,3,7H2,1-2H3. The Hall–Kier alpha value is -1.10. The summed E-state index contributed by atoms with van der Waals surface area (Å²) in [6.07, 6.45) is 0.897. The fourth-order valence-electron chi connectivity index (χ4n) is 1.88. The minimum atomic E-state index is 0.122. The molecule has 1 aromatic carbocycles. The van der Waals surface area contributed by atoms with Gasteiger partial charge in [-0.15, -0.1) is 0 Å². The van der Waals surface area contributed by atoms with Gasteiger partial charge < -0.3 is 9.84 Å². The minimum absolute atomic E-state index is 0.122. The Bertz CT molecular complexity index is 557. The van der Waals surface area contributed by atoms with Crippen molar-refractivity contribution in [3.8, 4) is 0 Å². The van der Waals surface area contributed by atoms with E-state index in [0.717, 1.165) is 12.0 Å². The molecule has 0 aliphatic carbocycles. The van der Waals surface area contributed by atoms with Crippen LogP contribution in [0.5, 0.6) is 0 Å². The van der Waals surface area contributed by atoms with Gasteiger partial charge in [0.05, 0.1) is 6.54 Å². The van der Waals surface area contributed by atoms with Gasteiger partial charge in [0.1, 0.15) is 0 Å². The number of benzene rings is 1. The number of aryl methyl sites for hydroxylation is 1. The molecule has 1 heterocycles. The fraction of sp³-hybridized carbons (Fsp3) is 0.385. The lowest BCUT2D eigenvalue weighted by molar-refractivity contribution is 0.353. The smallest absolute Gasteiger partial charge is 0.240 e. The molecule has 1 aromatic heterocycles. The van der Waals surface area contributed by atoms with Crippen LogP contribution in [0.3, 0.4) is 0 Å². The molecule has 1 unspecified atom stereocenters. The summed E-state index contributed by atoms with van der Waals surface area (Å²) in [6, 6.07) is 5.64. The van der Waals surface area contributed by atoms with Crippen molar-refractivity contribution in [3.05, 3.63) is 45.5 Å². The van der Waals surface area contributed by atoms with Gasteiger partial charge in [-0.05, 0) is 31.0 Å². The molecule has 0 saturated heterocycles. The highest BCUT2D eigenvalue weighted by atomic mass is 35.5. The largest absolute Gasteiger partial charge is 0.338 e. The zero-order valence-electron chi connectivity index (χ0n) is 10.8. The van der Waals surface area contributed by atoms with Crippen molar-refractivity contribution in [3.63, 3.8) is 0 Å². The fourth-order valence-corrected chi connectivity index (χ4v) is 2.42. The van der Waals surface area contributed by atoms with Gasteiger partial charge in [0.2, 0.25) is 5.89 Å². The first-order valence-electron chi connectivity index (χ1n) is 6.07. The summed E-state index contributed by atoms with van der Waals surface area (Å²) in [5, 5.41) is 8.40. The lowest BCUT2D eigenvalue weighted by Gasteiger charge is -2.17. The molecular formula is C13H15Cl2N3O. The van der Waals surface area contributed by atoms with Crippen LogP contribution >= 0.6 is 23.2 Å². The molecule has 0 fully saturated rings. The molecule has 1 atom stereocenters. The Balaban J connectivity index is 2.07. The highest BCUT2D eigenvalue weighted by Gasteiger charge is 2.14. The summed E-state index contributed by atoms with van der Waals surface area (Å²) in [7, 11) is 0. The van der Waals surface area contributed by atoms with Crippen LogP contribution in [0.2, 0.25) is 10.0 Å². The van der Waals surface area contributed by atoms with Crippen molar-refractivity contribution in [2.75, 3.05) is 0 Å². The van der Waals surface area contributed by atoms with Gasteiger partial charge in [-0.3, -0.25) is 0 Å². The lowest BCUT2D eigenvalue weighted by atomic mass is 10.0. The molecule has 0 saturated carbocycles. The van der Waals surface area contributed by atoms with Gasteiger partial charge in [-0.2, -0.15) is 4.98 Å². The third kappa shape index (κ3) is 3.69. The second kappa shape index (κ2) is 6.37. The van der Waals surface area contributed by atoms with Gasteiger partial charge in [-0.1, -0.05) is 41.3 Å². The Kier molecular flexibility index (Phi) is 4.80. The molecule has 2 aromatic rings. The molecule has 1 N–H and O–H groups in total. The maximum absolute atomic E-state index is 6.21. The number of aromatic nitrogens is 2. The SMILES string of the molecule is CCC(NCc1nc(C)no1)c1ccc(Cl)cc1Cl. The zero-order chi connectivity index (χ0) is 13.8. The molecule has 0 aliphatic heterocycles. The Labute approximate surface area is 122 Å². The molecule has 0 radical (unpaired) electrons. The summed E-state index contributed by atoms with van der Waals surface area (Å²) in [5.41, 5.74) is 1.02. The lowest BCUT2D eigenvalue weighted by Crippen LogP contribution is -2.20. The van der Waals surface area contributed by atoms with Crippen molar-refractivity contribution in [2.45, 2.75) is 32.9 Å². The summed E-state index contributed by atoms with van der Waals surface area (Å²) >= 11 is 12.1. The van der Waals surface area contributed by atoms with Crippen LogP contribution in [0.15, 0.2) is 22.7 Å². The zero-order valence-corrected chi connectivity index (χ0v) is 12.3. The number of nitrogens with zero attached hydrogens (tertiary/aromatic N) is 2. The van der Waals surface area contributed by atoms with Crippen LogP contribution < -0.4 is 5.32 Å². The van der Waals surface area contributed by atoms with E-state index in [1.54, 1.807) is 13.0 Å². The number of halogens is 2. The van der Waals surface area contributed by atoms with Gasteiger partial charge in [-0.25, -0.2) is 0 Å². The van der Waals surface area contributed by atoms with E-state index in [1.165, 1.54) is 0 Å². The number of rotatable bonds is 5. The molecule has 102 valence electrons. The number of nitrogens with one attached hydrogen (secondary N) is 1. The van der Waals surface area contributed by atoms with Crippen LogP contribution in [0.4, 0.5) is 0 Å². The number of hydrogen-bond donors (Lipinski definition) is 1. The second-order valence-electron chi connectivity index (χ2n) is 4.24. The Morgan fingerprint density at radius 3 is 2.74 bits per heavy atom. The first kappa shape index (κ1) is 14.3. The molecule has 6 heteroatoms. The van der Waals surface area contributed by atoms with E-state index in [0.29, 0.717) is 28.3 Å². The van der Waals surface area contributed by atoms with Gasteiger partial charge >= 0.3 is 0 Å². The Morgan fingerprint density at radius 2 is 2.16 bits per heavy atom. The van der Waals surface area contributed by atoms with E-state index in [1.807, 2.05) is 12.1 Å². The maximum Gasteiger partial charge on any atom is 0.240 e. The van der Waals surface area contributed by atoms with Crippen LogP contribution in [0.1, 0.15) is 36.7 Å². The quantitative estimate of drug-likeness (QED) is 0.909. The average molecular weight is 300 g/mol. The predicted molar refractivity (Wildman–Crippen MR) is 75.4 cm³/mol. The molecule has 2 rings (SSSR count). The predicted octanol–water partition coefficient (Wildman–Crippen LogP) is 3.93. The van der Waals surface area contributed by atoms with E-state index in [9.17, 15) is 0 Å². The van der Waals surface area contributed by atoms with Crippen LogP contribution in [-0.2, 0) is 6.54 Å². The first-order valence-corrected chi connectivity index (χ1v) is 6.83. The summed E-state index contributed by atoms with van der Waals surface area (Å²) < 4.78 is 5.07.